The van der Waals surface area contributed by atoms with Gasteiger partial charge in [0.1, 0.15) is 0 Å². The van der Waals surface area contributed by atoms with Gasteiger partial charge in [0.05, 0.1) is 17.1 Å². The Bertz CT molecular complexity index is 441. The van der Waals surface area contributed by atoms with Crippen LogP contribution in [-0.2, 0) is 4.74 Å². The lowest BCUT2D eigenvalue weighted by atomic mass is 10.2. The summed E-state index contributed by atoms with van der Waals surface area (Å²) >= 11 is 0. The van der Waals surface area contributed by atoms with Crippen molar-refractivity contribution in [1.82, 2.24) is 9.97 Å². The van der Waals surface area contributed by atoms with Crippen molar-refractivity contribution in [3.05, 3.63) is 24.3 Å². The second kappa shape index (κ2) is 4.14. The summed E-state index contributed by atoms with van der Waals surface area (Å²) in [7, 11) is 0. The number of para-hydroxylation sites is 2. The fourth-order valence-corrected chi connectivity index (χ4v) is 2.05. The number of hydrogen-bond donors (Lipinski definition) is 2. The summed E-state index contributed by atoms with van der Waals surface area (Å²) in [5, 5.41) is 3.28. The van der Waals surface area contributed by atoms with Crippen LogP contribution in [0.15, 0.2) is 24.3 Å². The number of hydrogen-bond acceptors (Lipinski definition) is 3. The van der Waals surface area contributed by atoms with E-state index in [1.54, 1.807) is 0 Å². The molecule has 0 amide bonds. The molecule has 1 saturated heterocycles. The molecule has 0 radical (unpaired) electrons. The topological polar surface area (TPSA) is 49.9 Å². The number of nitrogens with one attached hydrogen (secondary N) is 2. The molecule has 16 heavy (non-hydrogen) atoms. The minimum atomic E-state index is 0.341. The zero-order chi connectivity index (χ0) is 10.8. The lowest BCUT2D eigenvalue weighted by Gasteiger charge is -2.09. The third-order valence-electron chi connectivity index (χ3n) is 2.91. The summed E-state index contributed by atoms with van der Waals surface area (Å²) < 4.78 is 5.54. The van der Waals surface area contributed by atoms with Gasteiger partial charge in [-0.2, -0.15) is 0 Å². The number of aromatic amines is 1. The average molecular weight is 217 g/mol. The van der Waals surface area contributed by atoms with Crippen LogP contribution in [0.25, 0.3) is 11.0 Å². The highest BCUT2D eigenvalue weighted by Crippen LogP contribution is 2.15. The van der Waals surface area contributed by atoms with Crippen LogP contribution in [0.4, 0.5) is 5.95 Å². The number of rotatable bonds is 3. The highest BCUT2D eigenvalue weighted by atomic mass is 16.5. The fraction of sp³-hybridized carbons (Fsp3) is 0.417. The highest BCUT2D eigenvalue weighted by Gasteiger charge is 2.15. The molecule has 2 aromatic rings. The SMILES string of the molecule is c1ccc2[nH]c(NC[C@@H]3CCCO3)nc2c1. The molecule has 3 rings (SSSR count). The van der Waals surface area contributed by atoms with Crippen LogP contribution in [0.5, 0.6) is 0 Å². The molecular weight excluding hydrogens is 202 g/mol. The summed E-state index contributed by atoms with van der Waals surface area (Å²) in [5.41, 5.74) is 2.06. The van der Waals surface area contributed by atoms with E-state index in [0.29, 0.717) is 6.10 Å². The third-order valence-corrected chi connectivity index (χ3v) is 2.91. The van der Waals surface area contributed by atoms with E-state index >= 15 is 0 Å². The smallest absolute Gasteiger partial charge is 0.201 e. The summed E-state index contributed by atoms with van der Waals surface area (Å²) in [6.07, 6.45) is 2.66. The van der Waals surface area contributed by atoms with Gasteiger partial charge in [-0.3, -0.25) is 0 Å². The molecule has 1 fully saturated rings. The molecule has 1 aromatic heterocycles. The van der Waals surface area contributed by atoms with Gasteiger partial charge in [0.2, 0.25) is 5.95 Å². The zero-order valence-corrected chi connectivity index (χ0v) is 9.07. The molecule has 0 unspecified atom stereocenters. The van der Waals surface area contributed by atoms with Gasteiger partial charge in [-0.1, -0.05) is 12.1 Å². The normalized spacial score (nSPS) is 20.4. The van der Waals surface area contributed by atoms with E-state index in [4.69, 9.17) is 4.74 Å². The van der Waals surface area contributed by atoms with Crippen LogP contribution >= 0.6 is 0 Å². The van der Waals surface area contributed by atoms with E-state index in [-0.39, 0.29) is 0 Å². The first kappa shape index (κ1) is 9.66. The van der Waals surface area contributed by atoms with Gasteiger partial charge >= 0.3 is 0 Å². The van der Waals surface area contributed by atoms with Crippen LogP contribution < -0.4 is 5.32 Å². The first-order valence-corrected chi connectivity index (χ1v) is 5.72. The van der Waals surface area contributed by atoms with Gasteiger partial charge in [-0.25, -0.2) is 4.98 Å². The Morgan fingerprint density at radius 3 is 3.19 bits per heavy atom. The molecule has 1 aromatic carbocycles. The number of imidazole rings is 1. The third kappa shape index (κ3) is 1.88. The minimum absolute atomic E-state index is 0.341. The molecule has 2 N–H and O–H groups in total. The summed E-state index contributed by atoms with van der Waals surface area (Å²) in [5.74, 6) is 0.830. The Morgan fingerprint density at radius 1 is 1.44 bits per heavy atom. The van der Waals surface area contributed by atoms with Crippen molar-refractivity contribution in [2.75, 3.05) is 18.5 Å². The quantitative estimate of drug-likeness (QED) is 0.828. The predicted octanol–water partition coefficient (Wildman–Crippen LogP) is 2.15. The Morgan fingerprint density at radius 2 is 2.38 bits per heavy atom. The molecule has 0 bridgehead atoms. The number of aromatic nitrogens is 2. The van der Waals surface area contributed by atoms with Gasteiger partial charge in [0.15, 0.2) is 0 Å². The van der Waals surface area contributed by atoms with Gasteiger partial charge < -0.3 is 15.0 Å². The van der Waals surface area contributed by atoms with E-state index in [1.165, 1.54) is 6.42 Å². The van der Waals surface area contributed by atoms with Crippen molar-refractivity contribution >= 4 is 17.0 Å². The van der Waals surface area contributed by atoms with Crippen LogP contribution in [0.2, 0.25) is 0 Å². The monoisotopic (exact) mass is 217 g/mol. The molecule has 84 valence electrons. The summed E-state index contributed by atoms with van der Waals surface area (Å²) in [4.78, 5) is 7.69. The van der Waals surface area contributed by atoms with Crippen molar-refractivity contribution in [3.63, 3.8) is 0 Å². The lowest BCUT2D eigenvalue weighted by Crippen LogP contribution is -2.18. The number of fused-ring (bicyclic) bond motifs is 1. The van der Waals surface area contributed by atoms with Crippen LogP contribution in [0.3, 0.4) is 0 Å². The summed E-state index contributed by atoms with van der Waals surface area (Å²) in [6.45, 7) is 1.73. The highest BCUT2D eigenvalue weighted by molar-refractivity contribution is 5.77. The number of H-pyrrole nitrogens is 1. The van der Waals surface area contributed by atoms with Gasteiger partial charge in [0.25, 0.3) is 0 Å². The lowest BCUT2D eigenvalue weighted by molar-refractivity contribution is 0.120. The molecule has 0 saturated carbocycles. The van der Waals surface area contributed by atoms with Gasteiger partial charge in [-0.05, 0) is 25.0 Å². The maximum absolute atomic E-state index is 5.54. The zero-order valence-electron chi connectivity index (χ0n) is 9.07. The van der Waals surface area contributed by atoms with Crippen molar-refractivity contribution in [2.24, 2.45) is 0 Å². The molecule has 1 atom stereocenters. The fourth-order valence-electron chi connectivity index (χ4n) is 2.05. The molecule has 2 heterocycles. The molecule has 4 nitrogen and oxygen atoms in total. The van der Waals surface area contributed by atoms with Gasteiger partial charge in [0, 0.05) is 13.2 Å². The van der Waals surface area contributed by atoms with Crippen LogP contribution in [-0.4, -0.2) is 29.2 Å². The maximum Gasteiger partial charge on any atom is 0.201 e. The summed E-state index contributed by atoms with van der Waals surface area (Å²) in [6, 6.07) is 8.03. The van der Waals surface area contributed by atoms with Crippen molar-refractivity contribution in [2.45, 2.75) is 18.9 Å². The van der Waals surface area contributed by atoms with E-state index in [9.17, 15) is 0 Å². The first-order chi connectivity index (χ1) is 7.92. The average Bonchev–Trinajstić information content (AvgIpc) is 2.95. The maximum atomic E-state index is 5.54. The second-order valence-corrected chi connectivity index (χ2v) is 4.12. The Hall–Kier alpha value is -1.55. The van der Waals surface area contributed by atoms with Gasteiger partial charge in [-0.15, -0.1) is 0 Å². The molecule has 4 heteroatoms. The number of nitrogens with zero attached hydrogens (tertiary/aromatic N) is 1. The number of benzene rings is 1. The standard InChI is InChI=1S/C12H15N3O/c1-2-6-11-10(5-1)14-12(15-11)13-8-9-4-3-7-16-9/h1-2,5-6,9H,3-4,7-8H2,(H2,13,14,15)/t9-/m0/s1. The van der Waals surface area contributed by atoms with E-state index < -0.39 is 0 Å². The van der Waals surface area contributed by atoms with Crippen molar-refractivity contribution in [3.8, 4) is 0 Å². The molecular formula is C12H15N3O. The Kier molecular flexibility index (Phi) is 2.50. The Balaban J connectivity index is 1.69. The Labute approximate surface area is 94.0 Å². The molecule has 0 aliphatic carbocycles. The van der Waals surface area contributed by atoms with Crippen LogP contribution in [0, 0.1) is 0 Å². The number of ether oxygens (including phenoxy) is 1. The molecule has 0 spiro atoms. The first-order valence-electron chi connectivity index (χ1n) is 5.72. The molecule has 1 aliphatic rings. The number of anilines is 1. The van der Waals surface area contributed by atoms with E-state index in [2.05, 4.69) is 15.3 Å². The second-order valence-electron chi connectivity index (χ2n) is 4.12. The van der Waals surface area contributed by atoms with Crippen LogP contribution in [0.1, 0.15) is 12.8 Å². The molecule has 1 aliphatic heterocycles. The minimum Gasteiger partial charge on any atom is -0.376 e. The van der Waals surface area contributed by atoms with E-state index in [0.717, 1.165) is 36.6 Å². The van der Waals surface area contributed by atoms with E-state index in [1.807, 2.05) is 24.3 Å². The predicted molar refractivity (Wildman–Crippen MR) is 63.6 cm³/mol. The largest absolute Gasteiger partial charge is 0.376 e. The van der Waals surface area contributed by atoms with Crippen molar-refractivity contribution < 1.29 is 4.74 Å². The van der Waals surface area contributed by atoms with Crippen molar-refractivity contribution in [1.29, 1.82) is 0 Å².